The van der Waals surface area contributed by atoms with Crippen molar-refractivity contribution in [3.8, 4) is 16.9 Å². The average Bonchev–Trinajstić information content (AvgIpc) is 2.91. The van der Waals surface area contributed by atoms with E-state index < -0.39 is 12.6 Å². The Bertz CT molecular complexity index is 1010. The van der Waals surface area contributed by atoms with Gasteiger partial charge in [0.1, 0.15) is 5.75 Å². The predicted octanol–water partition coefficient (Wildman–Crippen LogP) is 4.87. The molecule has 0 amide bonds. The third-order valence-electron chi connectivity index (χ3n) is 4.37. The summed E-state index contributed by atoms with van der Waals surface area (Å²) in [4.78, 5) is 0. The van der Waals surface area contributed by atoms with Crippen molar-refractivity contribution in [2.24, 2.45) is 5.73 Å². The Morgan fingerprint density at radius 1 is 1.15 bits per heavy atom. The maximum Gasteiger partial charge on any atom is 0.389 e. The van der Waals surface area contributed by atoms with E-state index in [0.29, 0.717) is 22.5 Å². The fourth-order valence-corrected chi connectivity index (χ4v) is 3.13. The molecule has 0 fully saturated rings. The van der Waals surface area contributed by atoms with Gasteiger partial charge in [-0.15, -0.1) is 0 Å². The smallest absolute Gasteiger partial charge is 0.389 e. The number of anilines is 1. The minimum atomic E-state index is -4.19. The molecule has 1 heterocycles. The second kappa shape index (κ2) is 6.90. The Labute approximate surface area is 154 Å². The summed E-state index contributed by atoms with van der Waals surface area (Å²) >= 11 is 0. The van der Waals surface area contributed by atoms with Crippen LogP contribution in [-0.4, -0.2) is 15.8 Å². The third-order valence-corrected chi connectivity index (χ3v) is 4.37. The van der Waals surface area contributed by atoms with Crippen LogP contribution in [-0.2, 0) is 6.54 Å². The van der Waals surface area contributed by atoms with Crippen LogP contribution in [0.15, 0.2) is 49.2 Å². The number of nitrogens with zero attached hydrogens (tertiary/aromatic N) is 1. The molecule has 0 aliphatic heterocycles. The van der Waals surface area contributed by atoms with E-state index in [1.54, 1.807) is 35.0 Å². The number of halogens is 3. The van der Waals surface area contributed by atoms with Crippen LogP contribution < -0.4 is 11.5 Å². The van der Waals surface area contributed by atoms with E-state index >= 15 is 0 Å². The first-order valence-electron chi connectivity index (χ1n) is 8.38. The van der Waals surface area contributed by atoms with Gasteiger partial charge < -0.3 is 21.1 Å². The van der Waals surface area contributed by atoms with E-state index in [4.69, 9.17) is 11.5 Å². The number of aryl methyl sites for hydroxylation is 1. The molecule has 142 valence electrons. The summed E-state index contributed by atoms with van der Waals surface area (Å²) in [6.45, 7) is 3.89. The van der Waals surface area contributed by atoms with Gasteiger partial charge in [0.05, 0.1) is 5.52 Å². The number of aromatic hydroxyl groups is 1. The molecule has 7 heteroatoms. The van der Waals surface area contributed by atoms with E-state index in [9.17, 15) is 18.3 Å². The van der Waals surface area contributed by atoms with Gasteiger partial charge >= 0.3 is 6.18 Å². The van der Waals surface area contributed by atoms with Gasteiger partial charge in [-0.2, -0.15) is 13.2 Å². The van der Waals surface area contributed by atoms with Gasteiger partial charge in [0, 0.05) is 47.1 Å². The van der Waals surface area contributed by atoms with Crippen LogP contribution in [0.3, 0.4) is 0 Å². The summed E-state index contributed by atoms with van der Waals surface area (Å²) in [6.07, 6.45) is -3.30. The first-order chi connectivity index (χ1) is 12.6. The van der Waals surface area contributed by atoms with Crippen LogP contribution in [0.1, 0.15) is 18.4 Å². The van der Waals surface area contributed by atoms with E-state index in [2.05, 4.69) is 6.58 Å². The molecular weight excluding hydrogens is 355 g/mol. The lowest BCUT2D eigenvalue weighted by atomic mass is 10.0. The van der Waals surface area contributed by atoms with Crippen LogP contribution >= 0.6 is 0 Å². The van der Waals surface area contributed by atoms with E-state index in [-0.39, 0.29) is 18.7 Å². The number of fused-ring (bicyclic) bond motifs is 1. The Morgan fingerprint density at radius 3 is 2.56 bits per heavy atom. The number of phenols is 1. The number of benzene rings is 2. The zero-order chi connectivity index (χ0) is 19.8. The fourth-order valence-electron chi connectivity index (χ4n) is 3.13. The first kappa shape index (κ1) is 18.7. The van der Waals surface area contributed by atoms with Crippen molar-refractivity contribution in [1.82, 2.24) is 4.57 Å². The Hall–Kier alpha value is -3.09. The Kier molecular flexibility index (Phi) is 4.78. The molecule has 3 aromatic rings. The van der Waals surface area contributed by atoms with E-state index in [0.717, 1.165) is 16.5 Å². The van der Waals surface area contributed by atoms with Gasteiger partial charge in [-0.3, -0.25) is 0 Å². The highest BCUT2D eigenvalue weighted by atomic mass is 19.4. The SMILES string of the molecule is C=C(N)c1cc(O)cc(-c2cn(CCCC(F)(F)F)c3cc(N)ccc23)c1. The van der Waals surface area contributed by atoms with Crippen LogP contribution in [0.5, 0.6) is 5.75 Å². The molecule has 27 heavy (non-hydrogen) atoms. The van der Waals surface area contributed by atoms with Gasteiger partial charge in [-0.1, -0.05) is 12.6 Å². The third kappa shape index (κ3) is 4.19. The minimum Gasteiger partial charge on any atom is -0.508 e. The zero-order valence-corrected chi connectivity index (χ0v) is 14.6. The van der Waals surface area contributed by atoms with Crippen molar-refractivity contribution in [2.75, 3.05) is 5.73 Å². The van der Waals surface area contributed by atoms with Crippen LogP contribution in [0, 0.1) is 0 Å². The van der Waals surface area contributed by atoms with Gasteiger partial charge in [-0.05, 0) is 42.3 Å². The number of rotatable bonds is 5. The molecule has 0 spiro atoms. The molecule has 0 radical (unpaired) electrons. The zero-order valence-electron chi connectivity index (χ0n) is 14.6. The molecule has 0 aliphatic carbocycles. The molecule has 5 N–H and O–H groups in total. The quantitative estimate of drug-likeness (QED) is 0.557. The van der Waals surface area contributed by atoms with E-state index in [1.165, 1.54) is 6.07 Å². The van der Waals surface area contributed by atoms with Gasteiger partial charge in [0.25, 0.3) is 0 Å². The van der Waals surface area contributed by atoms with Crippen LogP contribution in [0.4, 0.5) is 18.9 Å². The summed E-state index contributed by atoms with van der Waals surface area (Å²) in [5, 5.41) is 10.8. The number of nitrogens with two attached hydrogens (primary N) is 2. The molecule has 0 saturated carbocycles. The maximum absolute atomic E-state index is 12.5. The lowest BCUT2D eigenvalue weighted by molar-refractivity contribution is -0.135. The molecule has 1 aromatic heterocycles. The topological polar surface area (TPSA) is 77.2 Å². The Morgan fingerprint density at radius 2 is 1.89 bits per heavy atom. The first-order valence-corrected chi connectivity index (χ1v) is 8.38. The number of alkyl halides is 3. The molecule has 4 nitrogen and oxygen atoms in total. The number of phenolic OH excluding ortho intramolecular Hbond substituents is 1. The molecule has 0 saturated heterocycles. The number of hydrogen-bond acceptors (Lipinski definition) is 3. The molecule has 0 atom stereocenters. The number of aromatic nitrogens is 1. The lowest BCUT2D eigenvalue weighted by Gasteiger charge is -2.08. The van der Waals surface area contributed by atoms with Crippen molar-refractivity contribution >= 4 is 22.3 Å². The molecule has 0 bridgehead atoms. The van der Waals surface area contributed by atoms with Gasteiger partial charge in [0.15, 0.2) is 0 Å². The molecule has 0 aliphatic rings. The summed E-state index contributed by atoms with van der Waals surface area (Å²) < 4.78 is 39.2. The second-order valence-electron chi connectivity index (χ2n) is 6.53. The van der Waals surface area contributed by atoms with Crippen LogP contribution in [0.2, 0.25) is 0 Å². The van der Waals surface area contributed by atoms with Crippen molar-refractivity contribution in [3.63, 3.8) is 0 Å². The second-order valence-corrected chi connectivity index (χ2v) is 6.53. The minimum absolute atomic E-state index is 0.0301. The summed E-state index contributed by atoms with van der Waals surface area (Å²) in [7, 11) is 0. The standard InChI is InChI=1S/C20H20F3N3O/c1-12(24)13-7-14(9-16(27)8-13)18-11-26(6-2-5-20(21,22)23)19-10-15(25)3-4-17(18)19/h3-4,7-11,27H,1-2,5-6,24-25H2. The summed E-state index contributed by atoms with van der Waals surface area (Å²) in [5.41, 5.74) is 15.2. The van der Waals surface area contributed by atoms with E-state index in [1.807, 2.05) is 6.07 Å². The largest absolute Gasteiger partial charge is 0.508 e. The normalized spacial score (nSPS) is 11.8. The molecular formula is C20H20F3N3O. The van der Waals surface area contributed by atoms with Gasteiger partial charge in [-0.25, -0.2) is 0 Å². The predicted molar refractivity (Wildman–Crippen MR) is 102 cm³/mol. The fraction of sp³-hybridized carbons (Fsp3) is 0.200. The highest BCUT2D eigenvalue weighted by Crippen LogP contribution is 2.35. The lowest BCUT2D eigenvalue weighted by Crippen LogP contribution is -2.09. The highest BCUT2D eigenvalue weighted by Gasteiger charge is 2.26. The van der Waals surface area contributed by atoms with Crippen molar-refractivity contribution < 1.29 is 18.3 Å². The molecule has 3 rings (SSSR count). The Balaban J connectivity index is 2.08. The summed E-state index contributed by atoms with van der Waals surface area (Å²) in [5.74, 6) is 0.0301. The van der Waals surface area contributed by atoms with Gasteiger partial charge in [0.2, 0.25) is 0 Å². The van der Waals surface area contributed by atoms with Crippen molar-refractivity contribution in [1.29, 1.82) is 0 Å². The summed E-state index contributed by atoms with van der Waals surface area (Å²) in [6, 6.07) is 10.2. The average molecular weight is 375 g/mol. The van der Waals surface area contributed by atoms with Crippen LogP contribution in [0.25, 0.3) is 27.7 Å². The monoisotopic (exact) mass is 375 g/mol. The van der Waals surface area contributed by atoms with Crippen molar-refractivity contribution in [2.45, 2.75) is 25.6 Å². The van der Waals surface area contributed by atoms with Crippen molar-refractivity contribution in [3.05, 3.63) is 54.7 Å². The molecule has 2 aromatic carbocycles. The number of hydrogen-bond donors (Lipinski definition) is 3. The highest BCUT2D eigenvalue weighted by molar-refractivity contribution is 5.98. The maximum atomic E-state index is 12.5. The number of nitrogen functional groups attached to an aromatic ring is 1. The molecule has 0 unspecified atom stereocenters.